The maximum atomic E-state index is 12.6. The number of nitrogens with zero attached hydrogens (tertiary/aromatic N) is 2. The highest BCUT2D eigenvalue weighted by Crippen LogP contribution is 2.20. The van der Waals surface area contributed by atoms with E-state index in [-0.39, 0.29) is 17.7 Å². The molecule has 1 saturated heterocycles. The SMILES string of the molecule is CCOC(=O)N1CCC(n2c(=O)[nH]c3ccccc3c2=O)CC1. The first-order valence-electron chi connectivity index (χ1n) is 7.77. The third-order valence-electron chi connectivity index (χ3n) is 4.19. The molecule has 122 valence electrons. The van der Waals surface area contributed by atoms with Crippen molar-refractivity contribution in [3.05, 3.63) is 45.1 Å². The Morgan fingerprint density at radius 1 is 1.26 bits per heavy atom. The van der Waals surface area contributed by atoms with Gasteiger partial charge in [-0.05, 0) is 31.9 Å². The standard InChI is InChI=1S/C16H19N3O4/c1-2-23-16(22)18-9-7-11(8-10-18)19-14(20)12-5-3-4-6-13(12)17-15(19)21/h3-6,11H,2,7-10H2,1H3,(H,17,21). The Morgan fingerprint density at radius 2 is 1.96 bits per heavy atom. The van der Waals surface area contributed by atoms with Crippen LogP contribution in [0.25, 0.3) is 10.9 Å². The first kappa shape index (κ1) is 15.3. The Bertz CT molecular complexity index is 831. The van der Waals surface area contributed by atoms with Crippen LogP contribution in [0.5, 0.6) is 0 Å². The number of likely N-dealkylation sites (tertiary alicyclic amines) is 1. The van der Waals surface area contributed by atoms with Gasteiger partial charge in [0.05, 0.1) is 17.5 Å². The highest BCUT2D eigenvalue weighted by molar-refractivity contribution is 5.76. The molecule has 2 heterocycles. The molecule has 0 saturated carbocycles. The number of aromatic amines is 1. The number of hydrogen-bond acceptors (Lipinski definition) is 4. The van der Waals surface area contributed by atoms with Crippen molar-refractivity contribution in [3.8, 4) is 0 Å². The van der Waals surface area contributed by atoms with Crippen molar-refractivity contribution in [1.29, 1.82) is 0 Å². The van der Waals surface area contributed by atoms with Gasteiger partial charge in [-0.15, -0.1) is 0 Å². The number of carbonyl (C=O) groups excluding carboxylic acids is 1. The summed E-state index contributed by atoms with van der Waals surface area (Å²) in [5.41, 5.74) is -0.134. The largest absolute Gasteiger partial charge is 0.450 e. The van der Waals surface area contributed by atoms with Crippen molar-refractivity contribution < 1.29 is 9.53 Å². The van der Waals surface area contributed by atoms with Crippen molar-refractivity contribution in [2.45, 2.75) is 25.8 Å². The molecule has 1 fully saturated rings. The molecule has 0 atom stereocenters. The van der Waals surface area contributed by atoms with E-state index < -0.39 is 5.69 Å². The van der Waals surface area contributed by atoms with Crippen LogP contribution >= 0.6 is 0 Å². The second-order valence-electron chi connectivity index (χ2n) is 5.57. The maximum Gasteiger partial charge on any atom is 0.409 e. The molecule has 23 heavy (non-hydrogen) atoms. The van der Waals surface area contributed by atoms with E-state index in [4.69, 9.17) is 4.74 Å². The molecule has 0 unspecified atom stereocenters. The Kier molecular flexibility index (Phi) is 4.18. The van der Waals surface area contributed by atoms with E-state index in [1.54, 1.807) is 36.1 Å². The zero-order valence-corrected chi connectivity index (χ0v) is 12.9. The lowest BCUT2D eigenvalue weighted by Crippen LogP contribution is -2.45. The number of rotatable bonds is 2. The van der Waals surface area contributed by atoms with Crippen LogP contribution in [0.3, 0.4) is 0 Å². The van der Waals surface area contributed by atoms with Crippen LogP contribution in [-0.4, -0.2) is 40.2 Å². The average Bonchev–Trinajstić information content (AvgIpc) is 2.56. The molecule has 0 bridgehead atoms. The Balaban J connectivity index is 1.87. The quantitative estimate of drug-likeness (QED) is 0.909. The fourth-order valence-corrected chi connectivity index (χ4v) is 3.03. The molecular formula is C16H19N3O4. The summed E-state index contributed by atoms with van der Waals surface area (Å²) in [4.78, 5) is 41.0. The predicted octanol–water partition coefficient (Wildman–Crippen LogP) is 1.48. The molecule has 7 nitrogen and oxygen atoms in total. The second kappa shape index (κ2) is 6.28. The smallest absolute Gasteiger partial charge is 0.409 e. The van der Waals surface area contributed by atoms with E-state index in [1.165, 1.54) is 4.57 Å². The number of amides is 1. The van der Waals surface area contributed by atoms with Gasteiger partial charge < -0.3 is 14.6 Å². The Labute approximate surface area is 132 Å². The second-order valence-corrected chi connectivity index (χ2v) is 5.57. The number of para-hydroxylation sites is 1. The topological polar surface area (TPSA) is 84.4 Å². The third kappa shape index (κ3) is 2.86. The zero-order valence-electron chi connectivity index (χ0n) is 12.9. The Hall–Kier alpha value is -2.57. The van der Waals surface area contributed by atoms with Crippen LogP contribution in [0.15, 0.2) is 33.9 Å². The van der Waals surface area contributed by atoms with Crippen molar-refractivity contribution >= 4 is 17.0 Å². The highest BCUT2D eigenvalue weighted by atomic mass is 16.6. The van der Waals surface area contributed by atoms with Crippen molar-refractivity contribution in [2.24, 2.45) is 0 Å². The summed E-state index contributed by atoms with van der Waals surface area (Å²) in [7, 11) is 0. The van der Waals surface area contributed by atoms with Gasteiger partial charge in [-0.25, -0.2) is 9.59 Å². The maximum absolute atomic E-state index is 12.6. The normalized spacial score (nSPS) is 15.8. The fourth-order valence-electron chi connectivity index (χ4n) is 3.03. The van der Waals surface area contributed by atoms with Gasteiger partial charge in [0.25, 0.3) is 5.56 Å². The first-order valence-corrected chi connectivity index (χ1v) is 7.77. The van der Waals surface area contributed by atoms with Crippen molar-refractivity contribution in [2.75, 3.05) is 19.7 Å². The van der Waals surface area contributed by atoms with Crippen LogP contribution in [0.4, 0.5) is 4.79 Å². The number of nitrogens with one attached hydrogen (secondary N) is 1. The molecule has 1 aromatic heterocycles. The number of benzene rings is 1. The van der Waals surface area contributed by atoms with Crippen LogP contribution in [0.2, 0.25) is 0 Å². The number of hydrogen-bond donors (Lipinski definition) is 1. The van der Waals surface area contributed by atoms with Gasteiger partial charge in [-0.3, -0.25) is 9.36 Å². The van der Waals surface area contributed by atoms with Crippen LogP contribution in [-0.2, 0) is 4.74 Å². The number of ether oxygens (including phenoxy) is 1. The van der Waals surface area contributed by atoms with Gasteiger partial charge in [-0.2, -0.15) is 0 Å². The lowest BCUT2D eigenvalue weighted by Gasteiger charge is -2.31. The molecule has 3 rings (SSSR count). The lowest BCUT2D eigenvalue weighted by atomic mass is 10.0. The van der Waals surface area contributed by atoms with Crippen molar-refractivity contribution in [1.82, 2.24) is 14.5 Å². The summed E-state index contributed by atoms with van der Waals surface area (Å²) in [6.45, 7) is 3.05. The highest BCUT2D eigenvalue weighted by Gasteiger charge is 2.26. The number of H-pyrrole nitrogens is 1. The molecule has 0 radical (unpaired) electrons. The van der Waals surface area contributed by atoms with E-state index in [0.717, 1.165) is 0 Å². The monoisotopic (exact) mass is 317 g/mol. The van der Waals surface area contributed by atoms with Gasteiger partial charge in [-0.1, -0.05) is 12.1 Å². The molecule has 7 heteroatoms. The van der Waals surface area contributed by atoms with Gasteiger partial charge in [0.1, 0.15) is 0 Å². The summed E-state index contributed by atoms with van der Waals surface area (Å²) in [6, 6.07) is 6.76. The molecule has 1 aliphatic heterocycles. The summed E-state index contributed by atoms with van der Waals surface area (Å²) >= 11 is 0. The average molecular weight is 317 g/mol. The molecule has 0 spiro atoms. The van der Waals surface area contributed by atoms with Crippen molar-refractivity contribution in [3.63, 3.8) is 0 Å². The summed E-state index contributed by atoms with van der Waals surface area (Å²) in [5.74, 6) is 0. The minimum absolute atomic E-state index is 0.207. The van der Waals surface area contributed by atoms with E-state index in [9.17, 15) is 14.4 Å². The third-order valence-corrected chi connectivity index (χ3v) is 4.19. The predicted molar refractivity (Wildman–Crippen MR) is 85.7 cm³/mol. The molecule has 1 amide bonds. The summed E-state index contributed by atoms with van der Waals surface area (Å²) < 4.78 is 6.26. The van der Waals surface area contributed by atoms with Gasteiger partial charge in [0, 0.05) is 19.1 Å². The van der Waals surface area contributed by atoms with Gasteiger partial charge in [0.15, 0.2) is 0 Å². The molecule has 2 aromatic rings. The number of fused-ring (bicyclic) bond motifs is 1. The molecular weight excluding hydrogens is 298 g/mol. The van der Waals surface area contributed by atoms with Crippen LogP contribution < -0.4 is 11.2 Å². The van der Waals surface area contributed by atoms with E-state index in [2.05, 4.69) is 4.98 Å². The van der Waals surface area contributed by atoms with Gasteiger partial charge in [0.2, 0.25) is 0 Å². The zero-order chi connectivity index (χ0) is 16.4. The molecule has 0 aliphatic carbocycles. The van der Waals surface area contributed by atoms with E-state index in [0.29, 0.717) is 43.4 Å². The van der Waals surface area contributed by atoms with Crippen LogP contribution in [0, 0.1) is 0 Å². The lowest BCUT2D eigenvalue weighted by molar-refractivity contribution is 0.0920. The number of aromatic nitrogens is 2. The Morgan fingerprint density at radius 3 is 2.65 bits per heavy atom. The number of piperidine rings is 1. The fraction of sp³-hybridized carbons (Fsp3) is 0.438. The van der Waals surface area contributed by atoms with Crippen LogP contribution in [0.1, 0.15) is 25.8 Å². The number of carbonyl (C=O) groups is 1. The summed E-state index contributed by atoms with van der Waals surface area (Å²) in [6.07, 6.45) is 0.769. The first-order chi connectivity index (χ1) is 11.1. The van der Waals surface area contributed by atoms with E-state index in [1.807, 2.05) is 0 Å². The van der Waals surface area contributed by atoms with E-state index >= 15 is 0 Å². The minimum Gasteiger partial charge on any atom is -0.450 e. The van der Waals surface area contributed by atoms with Gasteiger partial charge >= 0.3 is 11.8 Å². The summed E-state index contributed by atoms with van der Waals surface area (Å²) in [5, 5.41) is 0.500. The molecule has 1 aliphatic rings. The minimum atomic E-state index is -0.400. The molecule has 1 aromatic carbocycles. The molecule has 1 N–H and O–H groups in total.